The number of rotatable bonds is 10. The quantitative estimate of drug-likeness (QED) is 0.236. The summed E-state index contributed by atoms with van der Waals surface area (Å²) in [6.07, 6.45) is 0.660. The number of nitrogens with one attached hydrogen (secondary N) is 1. The van der Waals surface area contributed by atoms with Gasteiger partial charge in [-0.1, -0.05) is 18.2 Å². The summed E-state index contributed by atoms with van der Waals surface area (Å²) in [6.45, 7) is 1.74. The van der Waals surface area contributed by atoms with E-state index in [4.69, 9.17) is 4.74 Å². The Labute approximate surface area is 225 Å². The van der Waals surface area contributed by atoms with E-state index in [9.17, 15) is 22.8 Å². The minimum absolute atomic E-state index is 0.0176. The molecule has 0 amide bonds. The maximum atomic E-state index is 13.7. The highest BCUT2D eigenvalue weighted by Crippen LogP contribution is 2.33. The van der Waals surface area contributed by atoms with Crippen molar-refractivity contribution in [2.75, 3.05) is 25.5 Å². The molecule has 8 nitrogen and oxygen atoms in total. The number of carbonyl (C=O) groups excluding carboxylic acids is 2. The molecule has 0 atom stereocenters. The van der Waals surface area contributed by atoms with Crippen molar-refractivity contribution in [1.29, 1.82) is 0 Å². The van der Waals surface area contributed by atoms with Crippen molar-refractivity contribution in [3.05, 3.63) is 76.9 Å². The number of hydrogen-bond donors (Lipinski definition) is 1. The Kier molecular flexibility index (Phi) is 9.29. The molecule has 204 valence electrons. The lowest BCUT2D eigenvalue weighted by atomic mass is 9.84. The molecule has 1 saturated heterocycles. The lowest BCUT2D eigenvalue weighted by Gasteiger charge is -2.30. The van der Waals surface area contributed by atoms with Gasteiger partial charge in [-0.05, 0) is 74.0 Å². The number of alkyl halides is 3. The van der Waals surface area contributed by atoms with Crippen LogP contribution in [0, 0.1) is 0 Å². The Hall–Kier alpha value is -3.80. The van der Waals surface area contributed by atoms with Crippen molar-refractivity contribution >= 4 is 31.2 Å². The number of carbonyl (C=O) groups is 2. The van der Waals surface area contributed by atoms with Gasteiger partial charge in [0.1, 0.15) is 0 Å². The van der Waals surface area contributed by atoms with Crippen LogP contribution in [-0.2, 0) is 39.8 Å². The average molecular weight is 539 g/mol. The van der Waals surface area contributed by atoms with E-state index in [2.05, 4.69) is 25.1 Å². The van der Waals surface area contributed by atoms with E-state index in [0.717, 1.165) is 38.3 Å². The van der Waals surface area contributed by atoms with E-state index < -0.39 is 17.7 Å². The molecule has 0 saturated carbocycles. The van der Waals surface area contributed by atoms with Crippen molar-refractivity contribution in [3.8, 4) is 0 Å². The molecular formula is C27H29BF3N5O3. The highest BCUT2D eigenvalue weighted by atomic mass is 19.4. The first-order chi connectivity index (χ1) is 18.8. The smallest absolute Gasteiger partial charge is 0.419 e. The zero-order chi connectivity index (χ0) is 27.8. The second-order valence-corrected chi connectivity index (χ2v) is 9.40. The zero-order valence-electron chi connectivity index (χ0n) is 21.6. The summed E-state index contributed by atoms with van der Waals surface area (Å²) >= 11 is 0. The number of esters is 1. The fourth-order valence-corrected chi connectivity index (χ4v) is 4.75. The number of anilines is 2. The lowest BCUT2D eigenvalue weighted by molar-refractivity contribution is -0.140. The molecule has 39 heavy (non-hydrogen) atoms. The van der Waals surface area contributed by atoms with Gasteiger partial charge < -0.3 is 19.7 Å². The van der Waals surface area contributed by atoms with E-state index in [1.807, 2.05) is 24.3 Å². The first kappa shape index (κ1) is 28.2. The number of benzene rings is 1. The fraction of sp³-hybridized carbons (Fsp3) is 0.370. The summed E-state index contributed by atoms with van der Waals surface area (Å²) in [7, 11) is 1.73. The topological polar surface area (TPSA) is 97.3 Å². The third-order valence-corrected chi connectivity index (χ3v) is 6.88. The molecule has 4 rings (SSSR count). The standard InChI is InChI=1S/C27H29BF3N5O3/c1-39-25(38)15-20-3-2-12-32-23(20)8-9-24-22(27(29,30)31)16-33-26(35-24)34-21-6-4-18(5-7-21)19-10-13-36(14-11-19)28-17-37/h2-7,12,16-17,19,28H,8-11,13-15H2,1H3,(H,33,34,35). The SMILES string of the molecule is COC(=O)Cc1cccnc1CCc1nc(Nc2ccc(C3CCN(BC=O)CC3)cc2)ncc1C(F)(F)F. The third kappa shape index (κ3) is 7.63. The van der Waals surface area contributed by atoms with E-state index in [1.165, 1.54) is 18.9 Å². The van der Waals surface area contributed by atoms with Crippen LogP contribution in [0.4, 0.5) is 24.8 Å². The number of nitrogens with zero attached hydrogens (tertiary/aromatic N) is 4. The molecule has 1 fully saturated rings. The fourth-order valence-electron chi connectivity index (χ4n) is 4.75. The first-order valence-corrected chi connectivity index (χ1v) is 12.7. The second kappa shape index (κ2) is 12.8. The minimum atomic E-state index is -4.62. The van der Waals surface area contributed by atoms with Crippen LogP contribution < -0.4 is 5.32 Å². The molecule has 3 aromatic rings. The number of pyridine rings is 1. The number of aryl methyl sites for hydroxylation is 2. The maximum Gasteiger partial charge on any atom is 0.419 e. The Bertz CT molecular complexity index is 1280. The van der Waals surface area contributed by atoms with Gasteiger partial charge in [0.05, 0.1) is 31.0 Å². The van der Waals surface area contributed by atoms with Crippen LogP contribution in [0.3, 0.4) is 0 Å². The summed E-state index contributed by atoms with van der Waals surface area (Å²) in [5.74, 6) is -0.00148. The molecule has 1 aromatic carbocycles. The zero-order valence-corrected chi connectivity index (χ0v) is 21.6. The van der Waals surface area contributed by atoms with Crippen LogP contribution in [0.15, 0.2) is 48.8 Å². The molecule has 1 aliphatic heterocycles. The first-order valence-electron chi connectivity index (χ1n) is 12.7. The Morgan fingerprint density at radius 2 is 1.85 bits per heavy atom. The molecule has 0 aliphatic carbocycles. The van der Waals surface area contributed by atoms with Crippen molar-refractivity contribution in [2.24, 2.45) is 0 Å². The van der Waals surface area contributed by atoms with Gasteiger partial charge in [0.15, 0.2) is 0 Å². The second-order valence-electron chi connectivity index (χ2n) is 9.40. The molecule has 0 bridgehead atoms. The predicted molar refractivity (Wildman–Crippen MR) is 142 cm³/mol. The average Bonchev–Trinajstić information content (AvgIpc) is 2.93. The number of ether oxygens (including phenoxy) is 1. The number of piperidine rings is 1. The van der Waals surface area contributed by atoms with Crippen molar-refractivity contribution < 1.29 is 27.5 Å². The molecule has 1 N–H and O–H groups in total. The summed E-state index contributed by atoms with van der Waals surface area (Å²) < 4.78 is 45.9. The number of hydrogen-bond acceptors (Lipinski definition) is 8. The van der Waals surface area contributed by atoms with Gasteiger partial charge in [0.25, 0.3) is 7.41 Å². The number of aromatic nitrogens is 3. The minimum Gasteiger partial charge on any atom is -0.469 e. The highest BCUT2D eigenvalue weighted by Gasteiger charge is 2.35. The Morgan fingerprint density at radius 3 is 2.51 bits per heavy atom. The van der Waals surface area contributed by atoms with Crippen molar-refractivity contribution in [2.45, 2.75) is 44.2 Å². The van der Waals surface area contributed by atoms with Crippen molar-refractivity contribution in [3.63, 3.8) is 0 Å². The van der Waals surface area contributed by atoms with Gasteiger partial charge in [-0.25, -0.2) is 9.97 Å². The molecule has 3 heterocycles. The Balaban J connectivity index is 1.46. The summed E-state index contributed by atoms with van der Waals surface area (Å²) in [5, 5.41) is 3.01. The van der Waals surface area contributed by atoms with Crippen LogP contribution in [0.25, 0.3) is 0 Å². The van der Waals surface area contributed by atoms with E-state index in [1.54, 1.807) is 12.1 Å². The molecule has 0 unspecified atom stereocenters. The number of halogens is 3. The largest absolute Gasteiger partial charge is 0.469 e. The van der Waals surface area contributed by atoms with Gasteiger partial charge in [0.2, 0.25) is 5.95 Å². The van der Waals surface area contributed by atoms with Gasteiger partial charge in [-0.15, -0.1) is 0 Å². The van der Waals surface area contributed by atoms with Crippen LogP contribution in [0.2, 0.25) is 0 Å². The summed E-state index contributed by atoms with van der Waals surface area (Å²) in [6, 6.07) is 11.1. The van der Waals surface area contributed by atoms with E-state index in [-0.39, 0.29) is 30.9 Å². The van der Waals surface area contributed by atoms with Gasteiger partial charge in [-0.3, -0.25) is 9.78 Å². The van der Waals surface area contributed by atoms with E-state index >= 15 is 0 Å². The highest BCUT2D eigenvalue weighted by molar-refractivity contribution is 6.64. The lowest BCUT2D eigenvalue weighted by Crippen LogP contribution is -2.36. The number of methoxy groups -OCH3 is 1. The third-order valence-electron chi connectivity index (χ3n) is 6.88. The van der Waals surface area contributed by atoms with Crippen LogP contribution in [-0.4, -0.2) is 59.5 Å². The van der Waals surface area contributed by atoms with Gasteiger partial charge in [0, 0.05) is 23.8 Å². The molecule has 0 spiro atoms. The molecule has 1 aliphatic rings. The van der Waals surface area contributed by atoms with Crippen LogP contribution in [0.5, 0.6) is 0 Å². The monoisotopic (exact) mass is 539 g/mol. The van der Waals surface area contributed by atoms with Crippen molar-refractivity contribution in [1.82, 2.24) is 19.8 Å². The Morgan fingerprint density at radius 1 is 1.13 bits per heavy atom. The van der Waals surface area contributed by atoms with Gasteiger partial charge >= 0.3 is 12.1 Å². The molecular weight excluding hydrogens is 510 g/mol. The van der Waals surface area contributed by atoms with E-state index in [0.29, 0.717) is 30.3 Å². The van der Waals surface area contributed by atoms with Gasteiger partial charge in [-0.2, -0.15) is 13.2 Å². The molecule has 2 aromatic heterocycles. The molecule has 12 heteroatoms. The molecule has 0 radical (unpaired) electrons. The summed E-state index contributed by atoms with van der Waals surface area (Å²) in [4.78, 5) is 36.9. The van der Waals surface area contributed by atoms with Crippen LogP contribution in [0.1, 0.15) is 46.8 Å². The predicted octanol–water partition coefficient (Wildman–Crippen LogP) is 3.86. The summed E-state index contributed by atoms with van der Waals surface area (Å²) in [5.41, 5.74) is 1.88. The van der Waals surface area contributed by atoms with Crippen LogP contribution >= 0.6 is 0 Å². The normalized spacial score (nSPS) is 14.6. The maximum absolute atomic E-state index is 13.7.